The first kappa shape index (κ1) is 21.2. The second-order valence-electron chi connectivity index (χ2n) is 7.76. The monoisotopic (exact) mass is 589 g/mol. The first-order valence-corrected chi connectivity index (χ1v) is 11.9. The second kappa shape index (κ2) is 7.89. The van der Waals surface area contributed by atoms with Crippen LogP contribution in [-0.4, -0.2) is 50.8 Å². The van der Waals surface area contributed by atoms with Crippen molar-refractivity contribution in [3.8, 4) is 0 Å². The second-order valence-corrected chi connectivity index (χ2v) is 10.8. The zero-order valence-corrected chi connectivity index (χ0v) is 20.1. The van der Waals surface area contributed by atoms with Crippen LogP contribution in [0, 0.1) is 23.7 Å². The van der Waals surface area contributed by atoms with Gasteiger partial charge < -0.3 is 4.74 Å². The van der Waals surface area contributed by atoms with Crippen molar-refractivity contribution in [3.63, 3.8) is 0 Å². The molecule has 9 heteroatoms. The van der Waals surface area contributed by atoms with Gasteiger partial charge >= 0.3 is 5.97 Å². The zero-order chi connectivity index (χ0) is 21.0. The van der Waals surface area contributed by atoms with Crippen LogP contribution in [0.3, 0.4) is 0 Å². The molecule has 2 saturated carbocycles. The van der Waals surface area contributed by atoms with Gasteiger partial charge in [0, 0.05) is 19.7 Å². The van der Waals surface area contributed by atoms with E-state index in [1.54, 1.807) is 24.3 Å². The van der Waals surface area contributed by atoms with Gasteiger partial charge in [-0.3, -0.25) is 19.3 Å². The van der Waals surface area contributed by atoms with Gasteiger partial charge in [0.05, 0.1) is 11.8 Å². The molecule has 1 heterocycles. The molecule has 6 nitrogen and oxygen atoms in total. The minimum Gasteiger partial charge on any atom is -0.456 e. The van der Waals surface area contributed by atoms with Gasteiger partial charge in [0.1, 0.15) is 6.04 Å². The molecule has 2 aliphatic carbocycles. The number of hydrogen-bond acceptors (Lipinski definition) is 5. The molecule has 2 amide bonds. The molecular weight excluding hydrogens is 574 g/mol. The van der Waals surface area contributed by atoms with E-state index in [0.717, 1.165) is 15.8 Å². The van der Waals surface area contributed by atoms with Crippen LogP contribution in [0.25, 0.3) is 0 Å². The Bertz CT molecular complexity index is 857. The lowest BCUT2D eigenvalue weighted by Gasteiger charge is -2.28. The van der Waals surface area contributed by atoms with Crippen molar-refractivity contribution in [2.24, 2.45) is 23.7 Å². The Morgan fingerprint density at radius 2 is 1.59 bits per heavy atom. The number of likely N-dealkylation sites (tertiary alicyclic amines) is 1. The Morgan fingerprint density at radius 1 is 1.07 bits per heavy atom. The summed E-state index contributed by atoms with van der Waals surface area (Å²) < 4.78 is 5.96. The maximum Gasteiger partial charge on any atom is 0.329 e. The lowest BCUT2D eigenvalue weighted by molar-refractivity contribution is -0.157. The molecule has 4 rings (SSSR count). The normalized spacial score (nSPS) is 33.7. The number of Topliss-reactive ketones (excluding diaryl/α,β-unsaturated/α-hetero) is 1. The van der Waals surface area contributed by atoms with E-state index >= 15 is 0 Å². The summed E-state index contributed by atoms with van der Waals surface area (Å²) >= 11 is 10.6. The Kier molecular flexibility index (Phi) is 5.76. The van der Waals surface area contributed by atoms with Crippen LogP contribution in [0.15, 0.2) is 28.7 Å². The Balaban J connectivity index is 1.42. The minimum atomic E-state index is -1.06. The first-order valence-electron chi connectivity index (χ1n) is 9.32. The quantitative estimate of drug-likeness (QED) is 0.227. The van der Waals surface area contributed by atoms with E-state index in [9.17, 15) is 19.2 Å². The fourth-order valence-corrected chi connectivity index (χ4v) is 6.97. The van der Waals surface area contributed by atoms with Crippen LogP contribution in [0.5, 0.6) is 0 Å². The number of carbonyl (C=O) groups excluding carboxylic acids is 4. The number of hydrogen-bond donors (Lipinski definition) is 0. The van der Waals surface area contributed by atoms with E-state index in [4.69, 9.17) is 4.74 Å². The highest BCUT2D eigenvalue weighted by atomic mass is 79.9. The average molecular weight is 592 g/mol. The minimum absolute atomic E-state index is 0.0815. The van der Waals surface area contributed by atoms with E-state index in [1.165, 1.54) is 6.92 Å². The SMILES string of the molecule is C[C@@H](C(=O)OCC(=O)c1ccc(Br)cc1)N1C(=O)[C@H]2[C@@H]3C[C@H]([C@@H](Br)[C@H]3Br)[C@@H]2C1=O. The summed E-state index contributed by atoms with van der Waals surface area (Å²) in [5.41, 5.74) is 0.416. The van der Waals surface area contributed by atoms with Crippen LogP contribution in [0.1, 0.15) is 23.7 Å². The average Bonchev–Trinajstić information content (AvgIpc) is 3.30. The summed E-state index contributed by atoms with van der Waals surface area (Å²) in [6, 6.07) is 5.64. The number of ketones is 1. The topological polar surface area (TPSA) is 80.8 Å². The molecule has 3 fully saturated rings. The Morgan fingerprint density at radius 3 is 2.10 bits per heavy atom. The summed E-state index contributed by atoms with van der Waals surface area (Å²) in [5.74, 6) is -2.32. The highest BCUT2D eigenvalue weighted by Gasteiger charge is 2.67. The zero-order valence-electron chi connectivity index (χ0n) is 15.4. The molecule has 1 aromatic carbocycles. The molecule has 3 aliphatic rings. The molecule has 0 radical (unpaired) electrons. The lowest BCUT2D eigenvalue weighted by atomic mass is 9.81. The third kappa shape index (κ3) is 3.43. The van der Waals surface area contributed by atoms with E-state index in [-0.39, 0.29) is 50.9 Å². The molecule has 7 atom stereocenters. The number of amides is 2. The molecular formula is C20H18Br3NO5. The summed E-state index contributed by atoms with van der Waals surface area (Å²) in [6.07, 6.45) is 0.826. The number of nitrogens with zero attached hydrogens (tertiary/aromatic N) is 1. The number of imide groups is 1. The molecule has 2 bridgehead atoms. The molecule has 0 N–H and O–H groups in total. The van der Waals surface area contributed by atoms with Crippen LogP contribution in [0.2, 0.25) is 0 Å². The lowest BCUT2D eigenvalue weighted by Crippen LogP contribution is -2.45. The van der Waals surface area contributed by atoms with Gasteiger partial charge in [0.15, 0.2) is 12.4 Å². The van der Waals surface area contributed by atoms with Gasteiger partial charge in [-0.05, 0) is 37.3 Å². The fraction of sp³-hybridized carbons (Fsp3) is 0.500. The number of rotatable bonds is 5. The maximum atomic E-state index is 13.0. The molecule has 1 saturated heterocycles. The largest absolute Gasteiger partial charge is 0.456 e. The highest BCUT2D eigenvalue weighted by Crippen LogP contribution is 2.60. The maximum absolute atomic E-state index is 13.0. The Hall–Kier alpha value is -1.06. The summed E-state index contributed by atoms with van der Waals surface area (Å²) in [5, 5.41) is 0. The summed E-state index contributed by atoms with van der Waals surface area (Å²) in [7, 11) is 0. The smallest absolute Gasteiger partial charge is 0.329 e. The van der Waals surface area contributed by atoms with Crippen molar-refractivity contribution in [2.45, 2.75) is 29.0 Å². The van der Waals surface area contributed by atoms with Crippen molar-refractivity contribution in [1.82, 2.24) is 4.90 Å². The van der Waals surface area contributed by atoms with Crippen molar-refractivity contribution in [3.05, 3.63) is 34.3 Å². The number of benzene rings is 1. The number of fused-ring (bicyclic) bond motifs is 5. The molecule has 1 aromatic rings. The van der Waals surface area contributed by atoms with Crippen LogP contribution >= 0.6 is 47.8 Å². The molecule has 0 unspecified atom stereocenters. The number of ether oxygens (including phenoxy) is 1. The van der Waals surface area contributed by atoms with Crippen LogP contribution in [-0.2, 0) is 19.1 Å². The number of esters is 1. The standard InChI is InChI=1S/C20H18Br3NO5/c1-8(20(28)29-7-13(25)9-2-4-10(21)5-3-9)24-18(26)14-11-6-12(15(14)19(24)27)17(23)16(11)22/h2-5,8,11-12,14-17H,6-7H2,1H3/t8-,11-,12-,14-,15-,16-,17+/m0/s1. The Labute approximate surface area is 193 Å². The third-order valence-corrected chi connectivity index (χ3v) is 10.00. The number of halogens is 3. The van der Waals surface area contributed by atoms with E-state index in [0.29, 0.717) is 5.56 Å². The summed E-state index contributed by atoms with van der Waals surface area (Å²) in [6.45, 7) is 1.04. The van der Waals surface area contributed by atoms with Gasteiger partial charge in [0.25, 0.3) is 0 Å². The number of carbonyl (C=O) groups is 4. The van der Waals surface area contributed by atoms with E-state index in [2.05, 4.69) is 47.8 Å². The van der Waals surface area contributed by atoms with Gasteiger partial charge in [-0.2, -0.15) is 0 Å². The highest BCUT2D eigenvalue weighted by molar-refractivity contribution is 9.12. The van der Waals surface area contributed by atoms with Gasteiger partial charge in [0.2, 0.25) is 11.8 Å². The first-order chi connectivity index (χ1) is 13.7. The van der Waals surface area contributed by atoms with E-state index < -0.39 is 18.6 Å². The van der Waals surface area contributed by atoms with Crippen molar-refractivity contribution >= 4 is 71.4 Å². The molecule has 0 aromatic heterocycles. The molecule has 0 spiro atoms. The van der Waals surface area contributed by atoms with Gasteiger partial charge in [-0.15, -0.1) is 0 Å². The van der Waals surface area contributed by atoms with Crippen molar-refractivity contribution in [2.75, 3.05) is 6.61 Å². The predicted molar refractivity (Wildman–Crippen MR) is 115 cm³/mol. The van der Waals surface area contributed by atoms with Crippen LogP contribution < -0.4 is 0 Å². The molecule has 154 valence electrons. The van der Waals surface area contributed by atoms with Crippen molar-refractivity contribution in [1.29, 1.82) is 0 Å². The molecule has 29 heavy (non-hydrogen) atoms. The summed E-state index contributed by atoms with van der Waals surface area (Å²) in [4.78, 5) is 52.0. The predicted octanol–water partition coefficient (Wildman–Crippen LogP) is 3.34. The number of alkyl halides is 2. The van der Waals surface area contributed by atoms with Crippen LogP contribution in [0.4, 0.5) is 0 Å². The van der Waals surface area contributed by atoms with E-state index in [1.807, 2.05) is 0 Å². The third-order valence-electron chi connectivity index (χ3n) is 6.26. The van der Waals surface area contributed by atoms with Gasteiger partial charge in [-0.25, -0.2) is 4.79 Å². The van der Waals surface area contributed by atoms with Crippen molar-refractivity contribution < 1.29 is 23.9 Å². The van der Waals surface area contributed by atoms with Gasteiger partial charge in [-0.1, -0.05) is 59.9 Å². The fourth-order valence-electron chi connectivity index (χ4n) is 4.84. The molecule has 1 aliphatic heterocycles.